The van der Waals surface area contributed by atoms with Gasteiger partial charge in [-0.2, -0.15) is 4.31 Å². The zero-order chi connectivity index (χ0) is 21.8. The second-order valence-electron chi connectivity index (χ2n) is 6.72. The molecule has 1 N–H and O–H groups in total. The maximum Gasteiger partial charge on any atom is 0.246 e. The average molecular weight is 441 g/mol. The number of likely N-dealkylation sites (N-methyl/N-ethyl adjacent to an activating group) is 1. The zero-order valence-corrected chi connectivity index (χ0v) is 18.6. The Bertz CT molecular complexity index is 992. The number of rotatable bonds is 8. The van der Waals surface area contributed by atoms with E-state index in [9.17, 15) is 13.2 Å². The molecular formula is C20H25ClN2O5S. The third-order valence-electron chi connectivity index (χ3n) is 4.34. The van der Waals surface area contributed by atoms with E-state index in [-0.39, 0.29) is 16.6 Å². The number of amides is 1. The minimum absolute atomic E-state index is 0.0156. The highest BCUT2D eigenvalue weighted by atomic mass is 35.5. The first-order valence-corrected chi connectivity index (χ1v) is 10.7. The molecule has 0 aliphatic carbocycles. The van der Waals surface area contributed by atoms with Gasteiger partial charge in [0, 0.05) is 12.1 Å². The molecule has 158 valence electrons. The topological polar surface area (TPSA) is 84.9 Å². The molecule has 29 heavy (non-hydrogen) atoms. The van der Waals surface area contributed by atoms with E-state index in [0.717, 1.165) is 9.87 Å². The van der Waals surface area contributed by atoms with Crippen LogP contribution in [0.15, 0.2) is 41.3 Å². The number of anilines is 1. The Kier molecular flexibility index (Phi) is 7.51. The number of sulfonamides is 1. The van der Waals surface area contributed by atoms with Crippen LogP contribution < -0.4 is 14.8 Å². The molecule has 1 amide bonds. The number of halogens is 1. The molecule has 0 radical (unpaired) electrons. The summed E-state index contributed by atoms with van der Waals surface area (Å²) in [6, 6.07) is 9.78. The van der Waals surface area contributed by atoms with Crippen LogP contribution in [0.4, 0.5) is 5.69 Å². The molecule has 2 rings (SSSR count). The zero-order valence-electron chi connectivity index (χ0n) is 17.0. The van der Waals surface area contributed by atoms with Crippen LogP contribution in [-0.2, 0) is 14.8 Å². The first-order chi connectivity index (χ1) is 13.6. The van der Waals surface area contributed by atoms with E-state index in [1.807, 2.05) is 19.9 Å². The van der Waals surface area contributed by atoms with Crippen molar-refractivity contribution in [1.29, 1.82) is 0 Å². The molecule has 0 fully saturated rings. The number of methoxy groups -OCH3 is 2. The molecule has 2 aromatic carbocycles. The minimum atomic E-state index is -3.96. The minimum Gasteiger partial charge on any atom is -0.495 e. The molecule has 0 aliphatic heterocycles. The Balaban J connectivity index is 2.26. The number of benzene rings is 2. The number of ether oxygens (including phenoxy) is 2. The molecule has 0 atom stereocenters. The number of nitrogens with one attached hydrogen (secondary N) is 1. The molecule has 0 saturated heterocycles. The van der Waals surface area contributed by atoms with Crippen molar-refractivity contribution in [3.63, 3.8) is 0 Å². The summed E-state index contributed by atoms with van der Waals surface area (Å²) in [7, 11) is 0.246. The van der Waals surface area contributed by atoms with Crippen molar-refractivity contribution >= 4 is 33.2 Å². The maximum atomic E-state index is 13.1. The van der Waals surface area contributed by atoms with Crippen LogP contribution in [0.25, 0.3) is 0 Å². The number of hydrogen-bond acceptors (Lipinski definition) is 5. The maximum absolute atomic E-state index is 13.1. The van der Waals surface area contributed by atoms with Gasteiger partial charge in [-0.25, -0.2) is 8.42 Å². The van der Waals surface area contributed by atoms with Gasteiger partial charge in [0.25, 0.3) is 0 Å². The van der Waals surface area contributed by atoms with Crippen LogP contribution in [0.1, 0.15) is 25.3 Å². The summed E-state index contributed by atoms with van der Waals surface area (Å²) < 4.78 is 37.5. The van der Waals surface area contributed by atoms with Crippen molar-refractivity contribution in [2.75, 3.05) is 33.1 Å². The molecule has 2 aromatic rings. The van der Waals surface area contributed by atoms with Gasteiger partial charge in [0.15, 0.2) is 0 Å². The van der Waals surface area contributed by atoms with Crippen LogP contribution >= 0.6 is 11.6 Å². The monoisotopic (exact) mass is 440 g/mol. The van der Waals surface area contributed by atoms with Gasteiger partial charge in [0.1, 0.15) is 16.4 Å². The van der Waals surface area contributed by atoms with E-state index in [2.05, 4.69) is 5.32 Å². The number of nitrogens with zero attached hydrogens (tertiary/aromatic N) is 1. The lowest BCUT2D eigenvalue weighted by molar-refractivity contribution is -0.116. The fourth-order valence-corrected chi connectivity index (χ4v) is 4.16. The second kappa shape index (κ2) is 9.47. The fourth-order valence-electron chi connectivity index (χ4n) is 2.68. The summed E-state index contributed by atoms with van der Waals surface area (Å²) in [5, 5.41) is 3.04. The Hall–Kier alpha value is -2.29. The summed E-state index contributed by atoms with van der Waals surface area (Å²) in [5.74, 6) is 0.243. The average Bonchev–Trinajstić information content (AvgIpc) is 2.67. The summed E-state index contributed by atoms with van der Waals surface area (Å²) >= 11 is 5.96. The van der Waals surface area contributed by atoms with E-state index in [4.69, 9.17) is 21.1 Å². The SMILES string of the molecule is COc1ccc(Cl)cc1NC(=O)CN(C)S(=O)(=O)c1cc(C(C)C)ccc1OC. The third-order valence-corrected chi connectivity index (χ3v) is 6.40. The van der Waals surface area contributed by atoms with Gasteiger partial charge in [-0.1, -0.05) is 31.5 Å². The van der Waals surface area contributed by atoms with Crippen LogP contribution in [0, 0.1) is 0 Å². The van der Waals surface area contributed by atoms with Crippen molar-refractivity contribution in [2.45, 2.75) is 24.7 Å². The standard InChI is InChI=1S/C20H25ClN2O5S/c1-13(2)14-6-8-18(28-5)19(10-14)29(25,26)23(3)12-20(24)22-16-11-15(21)7-9-17(16)27-4/h6-11,13H,12H2,1-5H3,(H,22,24). The molecule has 0 saturated carbocycles. The smallest absolute Gasteiger partial charge is 0.246 e. The Morgan fingerprint density at radius 2 is 1.72 bits per heavy atom. The fraction of sp³-hybridized carbons (Fsp3) is 0.350. The van der Waals surface area contributed by atoms with Crippen LogP contribution in [-0.4, -0.2) is 46.4 Å². The number of hydrogen-bond donors (Lipinski definition) is 1. The van der Waals surface area contributed by atoms with Crippen molar-refractivity contribution in [2.24, 2.45) is 0 Å². The molecule has 0 heterocycles. The van der Waals surface area contributed by atoms with Crippen LogP contribution in [0.3, 0.4) is 0 Å². The van der Waals surface area contributed by atoms with Crippen molar-refractivity contribution in [3.05, 3.63) is 47.0 Å². The Labute approximate surface area is 176 Å². The first-order valence-electron chi connectivity index (χ1n) is 8.87. The van der Waals surface area contributed by atoms with Crippen molar-refractivity contribution in [3.8, 4) is 11.5 Å². The normalized spacial score (nSPS) is 11.6. The lowest BCUT2D eigenvalue weighted by Crippen LogP contribution is -2.35. The Morgan fingerprint density at radius 3 is 2.31 bits per heavy atom. The Morgan fingerprint density at radius 1 is 1.10 bits per heavy atom. The van der Waals surface area contributed by atoms with Crippen molar-refractivity contribution < 1.29 is 22.7 Å². The molecule has 0 unspecified atom stereocenters. The van der Waals surface area contributed by atoms with Gasteiger partial charge in [0.05, 0.1) is 26.5 Å². The van der Waals surface area contributed by atoms with Crippen molar-refractivity contribution in [1.82, 2.24) is 4.31 Å². The van der Waals surface area contributed by atoms with Crippen LogP contribution in [0.5, 0.6) is 11.5 Å². The lowest BCUT2D eigenvalue weighted by Gasteiger charge is -2.20. The largest absolute Gasteiger partial charge is 0.495 e. The van der Waals surface area contributed by atoms with E-state index in [1.54, 1.807) is 24.3 Å². The second-order valence-corrected chi connectivity index (χ2v) is 9.17. The molecule has 9 heteroatoms. The molecule has 0 bridgehead atoms. The summed E-state index contributed by atoms with van der Waals surface area (Å²) in [5.41, 5.74) is 1.21. The molecule has 0 aliphatic rings. The number of carbonyl (C=O) groups is 1. The van der Waals surface area contributed by atoms with Gasteiger partial charge in [-0.15, -0.1) is 0 Å². The molecule has 0 aromatic heterocycles. The lowest BCUT2D eigenvalue weighted by atomic mass is 10.0. The van der Waals surface area contributed by atoms with Gasteiger partial charge in [0.2, 0.25) is 15.9 Å². The highest BCUT2D eigenvalue weighted by molar-refractivity contribution is 7.89. The highest BCUT2D eigenvalue weighted by Crippen LogP contribution is 2.30. The predicted octanol–water partition coefficient (Wildman–Crippen LogP) is 3.74. The molecule has 0 spiro atoms. The summed E-state index contributed by atoms with van der Waals surface area (Å²) in [6.07, 6.45) is 0. The van der Waals surface area contributed by atoms with E-state index >= 15 is 0 Å². The highest BCUT2D eigenvalue weighted by Gasteiger charge is 2.27. The summed E-state index contributed by atoms with van der Waals surface area (Å²) in [6.45, 7) is 3.54. The summed E-state index contributed by atoms with van der Waals surface area (Å²) in [4.78, 5) is 12.5. The van der Waals surface area contributed by atoms with Crippen LogP contribution in [0.2, 0.25) is 5.02 Å². The quantitative estimate of drug-likeness (QED) is 0.675. The third kappa shape index (κ3) is 5.41. The molecule has 7 nitrogen and oxygen atoms in total. The number of carbonyl (C=O) groups excluding carboxylic acids is 1. The van der Waals surface area contributed by atoms with E-state index in [0.29, 0.717) is 16.5 Å². The molecular weight excluding hydrogens is 416 g/mol. The first kappa shape index (κ1) is 23.0. The predicted molar refractivity (Wildman–Crippen MR) is 114 cm³/mol. The van der Waals surface area contributed by atoms with Gasteiger partial charge < -0.3 is 14.8 Å². The van der Waals surface area contributed by atoms with Gasteiger partial charge >= 0.3 is 0 Å². The van der Waals surface area contributed by atoms with Gasteiger partial charge in [-0.05, 0) is 41.8 Å². The van der Waals surface area contributed by atoms with Gasteiger partial charge in [-0.3, -0.25) is 4.79 Å². The van der Waals surface area contributed by atoms with E-state index < -0.39 is 22.5 Å². The van der Waals surface area contributed by atoms with E-state index in [1.165, 1.54) is 27.3 Å².